The summed E-state index contributed by atoms with van der Waals surface area (Å²) in [6.45, 7) is 3.34. The van der Waals surface area contributed by atoms with Crippen molar-refractivity contribution in [1.82, 2.24) is 5.32 Å². The van der Waals surface area contributed by atoms with Crippen LogP contribution in [0.5, 0.6) is 5.75 Å². The highest BCUT2D eigenvalue weighted by atomic mass is 32.2. The van der Waals surface area contributed by atoms with Crippen molar-refractivity contribution in [2.75, 3.05) is 12.3 Å². The maximum atomic E-state index is 11.8. The van der Waals surface area contributed by atoms with E-state index in [4.69, 9.17) is 5.11 Å². The fourth-order valence-electron chi connectivity index (χ4n) is 1.66. The fourth-order valence-corrected chi connectivity index (χ4v) is 2.75. The average Bonchev–Trinajstić information content (AvgIpc) is 2.42. The van der Waals surface area contributed by atoms with Crippen LogP contribution in [0.3, 0.4) is 0 Å². The predicted octanol–water partition coefficient (Wildman–Crippen LogP) is 2.04. The van der Waals surface area contributed by atoms with Crippen molar-refractivity contribution in [3.05, 3.63) is 29.8 Å². The molecule has 1 unspecified atom stereocenters. The zero-order chi connectivity index (χ0) is 15.8. The number of thioether (sulfide) groups is 1. The first-order chi connectivity index (χ1) is 9.90. The molecule has 21 heavy (non-hydrogen) atoms. The van der Waals surface area contributed by atoms with Gasteiger partial charge < -0.3 is 10.4 Å². The van der Waals surface area contributed by atoms with Crippen molar-refractivity contribution < 1.29 is 20.9 Å². The summed E-state index contributed by atoms with van der Waals surface area (Å²) < 4.78 is 0. The number of nitrogens with one attached hydrogen (secondary N) is 1. The molecule has 5 nitrogen and oxygen atoms in total. The zero-order valence-electron chi connectivity index (χ0n) is 12.1. The number of rotatable bonds is 8. The normalized spacial score (nSPS) is 11.7. The standard InChI is InChI=1S/C15H19NO4S.H2/c1-10(17)9-14(11(2)18)21-8-7-16-15(20)12-3-5-13(19)6-4-12;/h3-6,14,19H,7-9H2,1-2H3,(H,16,20);1H. The first kappa shape index (κ1) is 17.2. The van der Waals surface area contributed by atoms with Gasteiger partial charge in [-0.3, -0.25) is 14.4 Å². The number of hydrogen-bond donors (Lipinski definition) is 2. The van der Waals surface area contributed by atoms with Gasteiger partial charge in [-0.15, -0.1) is 11.8 Å². The van der Waals surface area contributed by atoms with Gasteiger partial charge in [-0.25, -0.2) is 0 Å². The Kier molecular flexibility index (Phi) is 6.94. The summed E-state index contributed by atoms with van der Waals surface area (Å²) in [6.07, 6.45) is 0.228. The average molecular weight is 311 g/mol. The first-order valence-electron chi connectivity index (χ1n) is 6.59. The second kappa shape index (κ2) is 8.46. The molecule has 2 N–H and O–H groups in total. The van der Waals surface area contributed by atoms with Crippen LogP contribution in [0, 0.1) is 0 Å². The SMILES string of the molecule is CC(=O)CC(SCCNC(=O)c1ccc(O)cc1)C(C)=O.[HH]. The minimum absolute atomic E-state index is 0. The van der Waals surface area contributed by atoms with E-state index in [1.54, 1.807) is 0 Å². The smallest absolute Gasteiger partial charge is 0.251 e. The molecule has 1 amide bonds. The molecule has 0 aromatic heterocycles. The van der Waals surface area contributed by atoms with E-state index in [1.165, 1.54) is 49.9 Å². The van der Waals surface area contributed by atoms with Crippen LogP contribution in [0.25, 0.3) is 0 Å². The van der Waals surface area contributed by atoms with Gasteiger partial charge in [0.15, 0.2) is 0 Å². The molecule has 6 heteroatoms. The van der Waals surface area contributed by atoms with E-state index in [0.29, 0.717) is 17.9 Å². The zero-order valence-corrected chi connectivity index (χ0v) is 12.9. The van der Waals surface area contributed by atoms with Gasteiger partial charge in [-0.2, -0.15) is 0 Å². The third kappa shape index (κ3) is 6.44. The van der Waals surface area contributed by atoms with Crippen LogP contribution < -0.4 is 5.32 Å². The minimum Gasteiger partial charge on any atom is -0.508 e. The molecule has 0 aliphatic heterocycles. The summed E-state index contributed by atoms with van der Waals surface area (Å²) in [7, 11) is 0. The summed E-state index contributed by atoms with van der Waals surface area (Å²) in [4.78, 5) is 34.2. The Morgan fingerprint density at radius 1 is 1.24 bits per heavy atom. The Balaban J connectivity index is 0.00000441. The highest BCUT2D eigenvalue weighted by Gasteiger charge is 2.16. The Bertz CT molecular complexity index is 519. The first-order valence-corrected chi connectivity index (χ1v) is 7.63. The molecule has 1 aromatic rings. The van der Waals surface area contributed by atoms with Crippen molar-refractivity contribution in [3.8, 4) is 5.75 Å². The molecule has 0 saturated carbocycles. The quantitative estimate of drug-likeness (QED) is 0.718. The van der Waals surface area contributed by atoms with Gasteiger partial charge >= 0.3 is 0 Å². The Hall–Kier alpha value is -1.82. The van der Waals surface area contributed by atoms with Gasteiger partial charge in [0, 0.05) is 25.7 Å². The molecule has 0 radical (unpaired) electrons. The molecular formula is C15H21NO4S. The van der Waals surface area contributed by atoms with Gasteiger partial charge in [0.05, 0.1) is 5.25 Å². The minimum atomic E-state index is -0.340. The molecular weight excluding hydrogens is 290 g/mol. The molecule has 1 atom stereocenters. The highest BCUT2D eigenvalue weighted by Crippen LogP contribution is 2.16. The van der Waals surface area contributed by atoms with E-state index in [2.05, 4.69) is 5.32 Å². The molecule has 0 spiro atoms. The number of aromatic hydroxyl groups is 1. The van der Waals surface area contributed by atoms with Gasteiger partial charge in [0.2, 0.25) is 0 Å². The molecule has 0 saturated heterocycles. The largest absolute Gasteiger partial charge is 0.508 e. The lowest BCUT2D eigenvalue weighted by atomic mass is 10.2. The van der Waals surface area contributed by atoms with Crippen molar-refractivity contribution in [3.63, 3.8) is 0 Å². The van der Waals surface area contributed by atoms with E-state index >= 15 is 0 Å². The van der Waals surface area contributed by atoms with E-state index in [-0.39, 0.29) is 36.3 Å². The highest BCUT2D eigenvalue weighted by molar-refractivity contribution is 8.00. The molecule has 0 fully saturated rings. The van der Waals surface area contributed by atoms with Crippen LogP contribution in [0.1, 0.15) is 32.1 Å². The van der Waals surface area contributed by atoms with Gasteiger partial charge in [0.25, 0.3) is 5.91 Å². The fraction of sp³-hybridized carbons (Fsp3) is 0.400. The second-order valence-electron chi connectivity index (χ2n) is 4.68. The van der Waals surface area contributed by atoms with Crippen LogP contribution in [-0.4, -0.2) is 40.1 Å². The lowest BCUT2D eigenvalue weighted by Crippen LogP contribution is -2.27. The lowest BCUT2D eigenvalue weighted by Gasteiger charge is -2.12. The number of ketones is 2. The molecule has 1 rings (SSSR count). The monoisotopic (exact) mass is 311 g/mol. The molecule has 1 aromatic carbocycles. The Morgan fingerprint density at radius 2 is 1.86 bits per heavy atom. The number of amides is 1. The number of phenols is 1. The van der Waals surface area contributed by atoms with Crippen LogP contribution >= 0.6 is 11.8 Å². The van der Waals surface area contributed by atoms with E-state index in [1.807, 2.05) is 0 Å². The maximum absolute atomic E-state index is 11.8. The number of phenolic OH excluding ortho intramolecular Hbond substituents is 1. The molecule has 116 valence electrons. The molecule has 0 aliphatic rings. The number of carbonyl (C=O) groups is 3. The van der Waals surface area contributed by atoms with Gasteiger partial charge in [0.1, 0.15) is 17.3 Å². The summed E-state index contributed by atoms with van der Waals surface area (Å²) in [5.41, 5.74) is 0.463. The van der Waals surface area contributed by atoms with Crippen LogP contribution in [0.4, 0.5) is 0 Å². The van der Waals surface area contributed by atoms with Gasteiger partial charge in [-0.05, 0) is 38.1 Å². The van der Waals surface area contributed by atoms with E-state index < -0.39 is 0 Å². The Labute approximate surface area is 129 Å². The Morgan fingerprint density at radius 3 is 2.38 bits per heavy atom. The number of carbonyl (C=O) groups excluding carboxylic acids is 3. The molecule has 0 bridgehead atoms. The van der Waals surface area contributed by atoms with E-state index in [9.17, 15) is 14.4 Å². The lowest BCUT2D eigenvalue weighted by molar-refractivity contribution is -0.121. The van der Waals surface area contributed by atoms with Crippen molar-refractivity contribution in [1.29, 1.82) is 0 Å². The summed E-state index contributed by atoms with van der Waals surface area (Å²) in [6, 6.07) is 5.96. The van der Waals surface area contributed by atoms with Crippen LogP contribution in [-0.2, 0) is 9.59 Å². The number of benzene rings is 1. The van der Waals surface area contributed by atoms with Crippen LogP contribution in [0.15, 0.2) is 24.3 Å². The maximum Gasteiger partial charge on any atom is 0.251 e. The summed E-state index contributed by atoms with van der Waals surface area (Å²) in [5, 5.41) is 11.5. The number of hydrogen-bond acceptors (Lipinski definition) is 5. The van der Waals surface area contributed by atoms with Crippen molar-refractivity contribution >= 4 is 29.2 Å². The van der Waals surface area contributed by atoms with E-state index in [0.717, 1.165) is 0 Å². The number of Topliss-reactive ketones (excluding diaryl/α,β-unsaturated/α-hetero) is 2. The predicted molar refractivity (Wildman–Crippen MR) is 84.8 cm³/mol. The second-order valence-corrected chi connectivity index (χ2v) is 5.99. The topological polar surface area (TPSA) is 83.5 Å². The molecule has 0 aliphatic carbocycles. The molecule has 0 heterocycles. The third-order valence-electron chi connectivity index (χ3n) is 2.76. The summed E-state index contributed by atoms with van der Waals surface area (Å²) >= 11 is 1.37. The summed E-state index contributed by atoms with van der Waals surface area (Å²) in [5.74, 6) is 0.384. The third-order valence-corrected chi connectivity index (χ3v) is 4.10. The van der Waals surface area contributed by atoms with Gasteiger partial charge in [-0.1, -0.05) is 0 Å². The van der Waals surface area contributed by atoms with Crippen LogP contribution in [0.2, 0.25) is 0 Å². The van der Waals surface area contributed by atoms with Crippen molar-refractivity contribution in [2.24, 2.45) is 0 Å². The van der Waals surface area contributed by atoms with Crippen molar-refractivity contribution in [2.45, 2.75) is 25.5 Å².